The number of halogens is 1. The van der Waals surface area contributed by atoms with Gasteiger partial charge in [0.25, 0.3) is 5.91 Å². The fourth-order valence-corrected chi connectivity index (χ4v) is 3.36. The normalized spacial score (nSPS) is 17.6. The van der Waals surface area contributed by atoms with Crippen molar-refractivity contribution in [3.05, 3.63) is 58.9 Å². The lowest BCUT2D eigenvalue weighted by Gasteiger charge is -2.32. The highest BCUT2D eigenvalue weighted by molar-refractivity contribution is 5.95. The van der Waals surface area contributed by atoms with Crippen molar-refractivity contribution in [2.24, 2.45) is 5.92 Å². The third kappa shape index (κ3) is 3.74. The molecule has 4 heteroatoms. The molecule has 2 aromatic carbocycles. The Morgan fingerprint density at radius 3 is 2.56 bits per heavy atom. The fraction of sp³-hybridized carbons (Fsp3) is 0.381. The summed E-state index contributed by atoms with van der Waals surface area (Å²) in [7, 11) is 0. The van der Waals surface area contributed by atoms with Crippen LogP contribution in [0.4, 0.5) is 4.39 Å². The smallest absolute Gasteiger partial charge is 0.256 e. The maximum absolute atomic E-state index is 14.6. The number of carbonyl (C=O) groups is 1. The van der Waals surface area contributed by atoms with Crippen LogP contribution in [0, 0.1) is 25.6 Å². The van der Waals surface area contributed by atoms with E-state index >= 15 is 0 Å². The third-order valence-electron chi connectivity index (χ3n) is 5.10. The summed E-state index contributed by atoms with van der Waals surface area (Å²) in [5.74, 6) is -0.690. The lowest BCUT2D eigenvalue weighted by molar-refractivity contribution is 0.0616. The highest BCUT2D eigenvalue weighted by atomic mass is 19.1. The van der Waals surface area contributed by atoms with Crippen molar-refractivity contribution in [1.29, 1.82) is 0 Å². The Bertz CT molecular complexity index is 787. The van der Waals surface area contributed by atoms with Gasteiger partial charge in [-0.25, -0.2) is 4.39 Å². The summed E-state index contributed by atoms with van der Waals surface area (Å²) in [6.45, 7) is 5.25. The van der Waals surface area contributed by atoms with E-state index in [0.29, 0.717) is 13.1 Å². The molecule has 1 unspecified atom stereocenters. The molecule has 1 aliphatic heterocycles. The molecule has 2 aromatic rings. The molecule has 0 spiro atoms. The van der Waals surface area contributed by atoms with E-state index in [-0.39, 0.29) is 24.0 Å². The summed E-state index contributed by atoms with van der Waals surface area (Å²) in [5, 5.41) is 9.31. The second-order valence-corrected chi connectivity index (χ2v) is 6.94. The van der Waals surface area contributed by atoms with Crippen molar-refractivity contribution in [1.82, 2.24) is 4.90 Å². The molecule has 1 saturated heterocycles. The lowest BCUT2D eigenvalue weighted by Crippen LogP contribution is -2.41. The molecule has 0 radical (unpaired) electrons. The van der Waals surface area contributed by atoms with Crippen LogP contribution in [-0.4, -0.2) is 35.6 Å². The highest BCUT2D eigenvalue weighted by Crippen LogP contribution is 2.26. The number of aliphatic hydroxyl groups is 1. The van der Waals surface area contributed by atoms with Gasteiger partial charge < -0.3 is 10.0 Å². The maximum atomic E-state index is 14.6. The first-order valence-electron chi connectivity index (χ1n) is 8.77. The Morgan fingerprint density at radius 1 is 1.16 bits per heavy atom. The van der Waals surface area contributed by atoms with Crippen LogP contribution >= 0.6 is 0 Å². The van der Waals surface area contributed by atoms with E-state index in [9.17, 15) is 14.3 Å². The van der Waals surface area contributed by atoms with E-state index < -0.39 is 5.82 Å². The van der Waals surface area contributed by atoms with E-state index in [1.165, 1.54) is 11.6 Å². The number of piperidine rings is 1. The first-order chi connectivity index (χ1) is 12.0. The number of aliphatic hydroxyl groups excluding tert-OH is 1. The SMILES string of the molecule is Cc1ccc(-c2ccc(C(=O)N3CCCC(CO)C3)c(F)c2)cc1C. The van der Waals surface area contributed by atoms with Crippen LogP contribution in [0.1, 0.15) is 34.3 Å². The molecule has 0 bridgehead atoms. The van der Waals surface area contributed by atoms with Gasteiger partial charge in [-0.3, -0.25) is 4.79 Å². The summed E-state index contributed by atoms with van der Waals surface area (Å²) in [5.41, 5.74) is 4.16. The van der Waals surface area contributed by atoms with Crippen LogP contribution in [0.25, 0.3) is 11.1 Å². The van der Waals surface area contributed by atoms with Crippen molar-refractivity contribution < 1.29 is 14.3 Å². The lowest BCUT2D eigenvalue weighted by atomic mass is 9.97. The topological polar surface area (TPSA) is 40.5 Å². The molecule has 3 rings (SSSR count). The van der Waals surface area contributed by atoms with Crippen molar-refractivity contribution in [3.63, 3.8) is 0 Å². The van der Waals surface area contributed by atoms with Gasteiger partial charge in [0.15, 0.2) is 0 Å². The van der Waals surface area contributed by atoms with Crippen LogP contribution in [0.2, 0.25) is 0 Å². The summed E-state index contributed by atoms with van der Waals surface area (Å²) in [6.07, 6.45) is 1.76. The van der Waals surface area contributed by atoms with Gasteiger partial charge in [0.2, 0.25) is 0 Å². The zero-order chi connectivity index (χ0) is 18.0. The van der Waals surface area contributed by atoms with Crippen LogP contribution in [0.5, 0.6) is 0 Å². The van der Waals surface area contributed by atoms with Gasteiger partial charge in [0.1, 0.15) is 5.82 Å². The highest BCUT2D eigenvalue weighted by Gasteiger charge is 2.25. The average Bonchev–Trinajstić information content (AvgIpc) is 2.63. The number of amides is 1. The van der Waals surface area contributed by atoms with Gasteiger partial charge in [-0.05, 0) is 67.0 Å². The number of likely N-dealkylation sites (tertiary alicyclic amines) is 1. The molecule has 0 aliphatic carbocycles. The molecule has 0 aromatic heterocycles. The van der Waals surface area contributed by atoms with Crippen LogP contribution in [0.3, 0.4) is 0 Å². The summed E-state index contributed by atoms with van der Waals surface area (Å²) < 4.78 is 14.6. The molecule has 1 fully saturated rings. The van der Waals surface area contributed by atoms with E-state index in [2.05, 4.69) is 0 Å². The van der Waals surface area contributed by atoms with Gasteiger partial charge in [-0.2, -0.15) is 0 Å². The molecule has 25 heavy (non-hydrogen) atoms. The number of nitrogens with zero attached hydrogens (tertiary/aromatic N) is 1. The first kappa shape index (κ1) is 17.6. The van der Waals surface area contributed by atoms with Crippen molar-refractivity contribution in [2.75, 3.05) is 19.7 Å². The molecular formula is C21H24FNO2. The zero-order valence-electron chi connectivity index (χ0n) is 14.8. The quantitative estimate of drug-likeness (QED) is 0.918. The summed E-state index contributed by atoms with van der Waals surface area (Å²) in [6, 6.07) is 10.8. The number of hydrogen-bond acceptors (Lipinski definition) is 2. The van der Waals surface area contributed by atoms with E-state index in [0.717, 1.165) is 29.5 Å². The number of hydrogen-bond donors (Lipinski definition) is 1. The van der Waals surface area contributed by atoms with Crippen LogP contribution in [-0.2, 0) is 0 Å². The predicted molar refractivity (Wildman–Crippen MR) is 97.0 cm³/mol. The first-order valence-corrected chi connectivity index (χ1v) is 8.77. The second-order valence-electron chi connectivity index (χ2n) is 6.94. The zero-order valence-corrected chi connectivity index (χ0v) is 14.8. The fourth-order valence-electron chi connectivity index (χ4n) is 3.36. The molecule has 1 aliphatic rings. The monoisotopic (exact) mass is 341 g/mol. The molecule has 1 amide bonds. The average molecular weight is 341 g/mol. The molecule has 132 valence electrons. The van der Waals surface area contributed by atoms with Gasteiger partial charge in [0.05, 0.1) is 5.56 Å². The number of benzene rings is 2. The molecule has 0 saturated carbocycles. The minimum Gasteiger partial charge on any atom is -0.396 e. The van der Waals surface area contributed by atoms with Gasteiger partial charge in [-0.1, -0.05) is 24.3 Å². The maximum Gasteiger partial charge on any atom is 0.256 e. The summed E-state index contributed by atoms with van der Waals surface area (Å²) in [4.78, 5) is 14.3. The van der Waals surface area contributed by atoms with Crippen molar-refractivity contribution >= 4 is 5.91 Å². The van der Waals surface area contributed by atoms with Crippen LogP contribution < -0.4 is 0 Å². The molecule has 3 nitrogen and oxygen atoms in total. The number of rotatable bonds is 3. The third-order valence-corrected chi connectivity index (χ3v) is 5.10. The standard InChI is InChI=1S/C21H24FNO2/c1-14-5-6-17(10-15(14)2)18-7-8-19(20(22)11-18)21(25)23-9-3-4-16(12-23)13-24/h5-8,10-11,16,24H,3-4,9,12-13H2,1-2H3. The Labute approximate surface area is 148 Å². The Morgan fingerprint density at radius 2 is 1.88 bits per heavy atom. The van der Waals surface area contributed by atoms with Crippen molar-refractivity contribution in [2.45, 2.75) is 26.7 Å². The van der Waals surface area contributed by atoms with Crippen LogP contribution in [0.15, 0.2) is 36.4 Å². The number of carbonyl (C=O) groups excluding carboxylic acids is 1. The van der Waals surface area contributed by atoms with E-state index in [1.54, 1.807) is 17.0 Å². The predicted octanol–water partition coefficient (Wildman–Crippen LogP) is 3.95. The molecular weight excluding hydrogens is 317 g/mol. The Balaban J connectivity index is 1.84. The largest absolute Gasteiger partial charge is 0.396 e. The minimum absolute atomic E-state index is 0.0674. The second kappa shape index (κ2) is 7.36. The van der Waals surface area contributed by atoms with Gasteiger partial charge in [-0.15, -0.1) is 0 Å². The van der Waals surface area contributed by atoms with Gasteiger partial charge >= 0.3 is 0 Å². The van der Waals surface area contributed by atoms with Gasteiger partial charge in [0, 0.05) is 19.7 Å². The summed E-state index contributed by atoms with van der Waals surface area (Å²) >= 11 is 0. The number of aryl methyl sites for hydroxylation is 2. The van der Waals surface area contributed by atoms with Crippen molar-refractivity contribution in [3.8, 4) is 11.1 Å². The molecule has 1 atom stereocenters. The van der Waals surface area contributed by atoms with E-state index in [1.807, 2.05) is 32.0 Å². The molecule has 1 N–H and O–H groups in total. The van der Waals surface area contributed by atoms with E-state index in [4.69, 9.17) is 0 Å². The Hall–Kier alpha value is -2.20. The Kier molecular flexibility index (Phi) is 5.19. The molecule has 1 heterocycles. The minimum atomic E-state index is -0.494.